The normalized spacial score (nSPS) is 18.1. The summed E-state index contributed by atoms with van der Waals surface area (Å²) in [7, 11) is 4.17. The topological polar surface area (TPSA) is 37.2 Å². The molecule has 1 fully saturated rings. The molecule has 7 heteroatoms. The predicted octanol–water partition coefficient (Wildman–Crippen LogP) is 3.41. The van der Waals surface area contributed by atoms with Gasteiger partial charge in [0.15, 0.2) is 11.6 Å². The molecule has 2 aromatic rings. The summed E-state index contributed by atoms with van der Waals surface area (Å²) in [6.45, 7) is 3.55. The highest BCUT2D eigenvalue weighted by Crippen LogP contribution is 2.30. The number of piperidine rings is 1. The Morgan fingerprint density at radius 3 is 2.96 bits per heavy atom. The molecule has 0 aromatic carbocycles. The molecule has 0 saturated carbocycles. The lowest BCUT2D eigenvalue weighted by molar-refractivity contribution is 0.380. The fourth-order valence-corrected chi connectivity index (χ4v) is 3.59. The van der Waals surface area contributed by atoms with E-state index in [1.54, 1.807) is 0 Å². The highest BCUT2D eigenvalue weighted by atomic mass is 35.5. The van der Waals surface area contributed by atoms with Crippen LogP contribution in [0.15, 0.2) is 24.7 Å². The summed E-state index contributed by atoms with van der Waals surface area (Å²) in [4.78, 5) is 13.0. The van der Waals surface area contributed by atoms with E-state index in [2.05, 4.69) is 33.5 Å². The maximum absolute atomic E-state index is 14.2. The third kappa shape index (κ3) is 4.50. The van der Waals surface area contributed by atoms with Gasteiger partial charge in [-0.2, -0.15) is 0 Å². The molecular formula is C18H25ClFN5. The first-order chi connectivity index (χ1) is 12.0. The summed E-state index contributed by atoms with van der Waals surface area (Å²) in [5.41, 5.74) is 0. The largest absolute Gasteiger partial charge is 0.353 e. The van der Waals surface area contributed by atoms with Gasteiger partial charge >= 0.3 is 0 Å². The lowest BCUT2D eigenvalue weighted by Crippen LogP contribution is -2.36. The van der Waals surface area contributed by atoms with Crippen molar-refractivity contribution in [1.82, 2.24) is 19.4 Å². The molecule has 0 spiro atoms. The molecule has 0 aliphatic carbocycles. The van der Waals surface area contributed by atoms with Crippen LogP contribution in [0.25, 0.3) is 0 Å². The number of rotatable bonds is 6. The van der Waals surface area contributed by atoms with Gasteiger partial charge in [0.1, 0.15) is 5.82 Å². The summed E-state index contributed by atoms with van der Waals surface area (Å²) in [6.07, 6.45) is 8.57. The molecule has 136 valence electrons. The first-order valence-electron chi connectivity index (χ1n) is 8.76. The highest BCUT2D eigenvalue weighted by Gasteiger charge is 2.26. The quantitative estimate of drug-likeness (QED) is 0.786. The molecular weight excluding hydrogens is 341 g/mol. The Balaban J connectivity index is 1.70. The molecule has 1 aliphatic heterocycles. The van der Waals surface area contributed by atoms with Gasteiger partial charge in [-0.1, -0.05) is 11.6 Å². The maximum atomic E-state index is 14.2. The van der Waals surface area contributed by atoms with Crippen molar-refractivity contribution in [2.45, 2.75) is 31.7 Å². The lowest BCUT2D eigenvalue weighted by atomic mass is 9.97. The van der Waals surface area contributed by atoms with E-state index < -0.39 is 0 Å². The van der Waals surface area contributed by atoms with Crippen molar-refractivity contribution in [1.29, 1.82) is 0 Å². The van der Waals surface area contributed by atoms with Gasteiger partial charge in [-0.05, 0) is 46.0 Å². The summed E-state index contributed by atoms with van der Waals surface area (Å²) in [5.74, 6) is 1.42. The molecule has 1 atom stereocenters. The van der Waals surface area contributed by atoms with Crippen LogP contribution in [-0.2, 0) is 6.54 Å². The fourth-order valence-electron chi connectivity index (χ4n) is 3.45. The van der Waals surface area contributed by atoms with Crippen LogP contribution in [0.1, 0.15) is 31.0 Å². The van der Waals surface area contributed by atoms with Crippen LogP contribution < -0.4 is 4.90 Å². The van der Waals surface area contributed by atoms with E-state index >= 15 is 0 Å². The molecule has 25 heavy (non-hydrogen) atoms. The van der Waals surface area contributed by atoms with E-state index in [0.717, 1.165) is 51.3 Å². The van der Waals surface area contributed by atoms with Crippen molar-refractivity contribution in [2.75, 3.05) is 38.6 Å². The molecule has 0 bridgehead atoms. The number of pyridine rings is 1. The third-order valence-corrected chi connectivity index (χ3v) is 4.83. The standard InChI is InChI=1S/C18H25ClFN5/c1-23(2)7-4-9-24-10-6-21-17(24)14-5-3-8-25(13-14)18-16(20)11-15(19)12-22-18/h6,10-12,14H,3-5,7-9,13H2,1-2H3/t14-/m0/s1. The van der Waals surface area contributed by atoms with Crippen molar-refractivity contribution >= 4 is 17.4 Å². The molecule has 2 aromatic heterocycles. The van der Waals surface area contributed by atoms with E-state index in [4.69, 9.17) is 11.6 Å². The number of nitrogens with zero attached hydrogens (tertiary/aromatic N) is 5. The van der Waals surface area contributed by atoms with Gasteiger partial charge in [0.25, 0.3) is 0 Å². The second-order valence-electron chi connectivity index (χ2n) is 6.88. The molecule has 5 nitrogen and oxygen atoms in total. The van der Waals surface area contributed by atoms with E-state index in [9.17, 15) is 4.39 Å². The average molecular weight is 366 g/mol. The van der Waals surface area contributed by atoms with Gasteiger partial charge in [-0.25, -0.2) is 14.4 Å². The second kappa shape index (κ2) is 8.15. The molecule has 0 unspecified atom stereocenters. The van der Waals surface area contributed by atoms with E-state index in [0.29, 0.717) is 16.8 Å². The number of hydrogen-bond acceptors (Lipinski definition) is 4. The Labute approximate surface area is 153 Å². The predicted molar refractivity (Wildman–Crippen MR) is 98.8 cm³/mol. The molecule has 3 heterocycles. The number of halogens is 2. The summed E-state index contributed by atoms with van der Waals surface area (Å²) < 4.78 is 16.5. The van der Waals surface area contributed by atoms with E-state index in [1.807, 2.05) is 17.3 Å². The van der Waals surface area contributed by atoms with Crippen molar-refractivity contribution in [3.05, 3.63) is 41.3 Å². The smallest absolute Gasteiger partial charge is 0.167 e. The first-order valence-corrected chi connectivity index (χ1v) is 9.14. The van der Waals surface area contributed by atoms with Crippen LogP contribution in [0.5, 0.6) is 0 Å². The highest BCUT2D eigenvalue weighted by molar-refractivity contribution is 6.30. The van der Waals surface area contributed by atoms with Gasteiger partial charge in [0.05, 0.1) is 5.02 Å². The Kier molecular flexibility index (Phi) is 5.91. The minimum atomic E-state index is -0.359. The van der Waals surface area contributed by atoms with Crippen LogP contribution in [0.2, 0.25) is 5.02 Å². The molecule has 0 radical (unpaired) electrons. The SMILES string of the molecule is CN(C)CCCn1ccnc1[C@H]1CCCN(c2ncc(Cl)cc2F)C1. The minimum absolute atomic E-state index is 0.292. The number of anilines is 1. The summed E-state index contributed by atoms with van der Waals surface area (Å²) in [5, 5.41) is 0.325. The van der Waals surface area contributed by atoms with Crippen LogP contribution in [0.3, 0.4) is 0 Å². The fraction of sp³-hybridized carbons (Fsp3) is 0.556. The zero-order valence-electron chi connectivity index (χ0n) is 14.8. The van der Waals surface area contributed by atoms with Gasteiger partial charge in [0.2, 0.25) is 0 Å². The van der Waals surface area contributed by atoms with Gasteiger partial charge < -0.3 is 14.4 Å². The van der Waals surface area contributed by atoms with Crippen molar-refractivity contribution in [3.63, 3.8) is 0 Å². The zero-order valence-corrected chi connectivity index (χ0v) is 15.6. The molecule has 1 aliphatic rings. The van der Waals surface area contributed by atoms with E-state index in [-0.39, 0.29) is 5.82 Å². The second-order valence-corrected chi connectivity index (χ2v) is 7.32. The Hall–Kier alpha value is -1.66. The average Bonchev–Trinajstić information content (AvgIpc) is 3.03. The van der Waals surface area contributed by atoms with Crippen LogP contribution >= 0.6 is 11.6 Å². The van der Waals surface area contributed by atoms with Gasteiger partial charge in [-0.3, -0.25) is 0 Å². The van der Waals surface area contributed by atoms with Gasteiger partial charge in [0, 0.05) is 44.1 Å². The summed E-state index contributed by atoms with van der Waals surface area (Å²) in [6, 6.07) is 1.33. The van der Waals surface area contributed by atoms with Gasteiger partial charge in [-0.15, -0.1) is 0 Å². The number of aryl methyl sites for hydroxylation is 1. The molecule has 0 N–H and O–H groups in total. The minimum Gasteiger partial charge on any atom is -0.353 e. The van der Waals surface area contributed by atoms with Crippen LogP contribution in [0.4, 0.5) is 10.2 Å². The Morgan fingerprint density at radius 2 is 2.20 bits per heavy atom. The molecule has 1 saturated heterocycles. The van der Waals surface area contributed by atoms with Crippen molar-refractivity contribution in [2.24, 2.45) is 0 Å². The summed E-state index contributed by atoms with van der Waals surface area (Å²) >= 11 is 5.82. The van der Waals surface area contributed by atoms with E-state index in [1.165, 1.54) is 12.3 Å². The monoisotopic (exact) mass is 365 g/mol. The maximum Gasteiger partial charge on any atom is 0.167 e. The lowest BCUT2D eigenvalue weighted by Gasteiger charge is -2.33. The Bertz CT molecular complexity index is 703. The van der Waals surface area contributed by atoms with Crippen molar-refractivity contribution < 1.29 is 4.39 Å². The van der Waals surface area contributed by atoms with Crippen LogP contribution in [0, 0.1) is 5.82 Å². The number of aromatic nitrogens is 3. The first kappa shape index (κ1) is 18.1. The third-order valence-electron chi connectivity index (χ3n) is 4.63. The zero-order chi connectivity index (χ0) is 17.8. The number of hydrogen-bond donors (Lipinski definition) is 0. The molecule has 3 rings (SSSR count). The molecule has 0 amide bonds. The van der Waals surface area contributed by atoms with Crippen molar-refractivity contribution in [3.8, 4) is 0 Å². The van der Waals surface area contributed by atoms with Crippen LogP contribution in [-0.4, -0.2) is 53.2 Å². The Morgan fingerprint density at radius 1 is 1.36 bits per heavy atom. The number of imidazole rings is 1.